The van der Waals surface area contributed by atoms with Gasteiger partial charge in [-0.3, -0.25) is 9.69 Å². The van der Waals surface area contributed by atoms with Gasteiger partial charge < -0.3 is 15.0 Å². The molecule has 1 amide bonds. The molecule has 6 rings (SSSR count). The van der Waals surface area contributed by atoms with E-state index < -0.39 is 29.9 Å². The predicted octanol–water partition coefficient (Wildman–Crippen LogP) is 8.80. The molecule has 1 atom stereocenters. The number of fused-ring (bicyclic) bond motifs is 1. The van der Waals surface area contributed by atoms with Crippen molar-refractivity contribution in [2.45, 2.75) is 70.0 Å². The van der Waals surface area contributed by atoms with Crippen LogP contribution in [0, 0.1) is 0 Å². The van der Waals surface area contributed by atoms with Crippen LogP contribution in [0.2, 0.25) is 0 Å². The fourth-order valence-electron chi connectivity index (χ4n) is 7.19. The van der Waals surface area contributed by atoms with Crippen molar-refractivity contribution in [3.63, 3.8) is 0 Å². The Morgan fingerprint density at radius 2 is 1.62 bits per heavy atom. The summed E-state index contributed by atoms with van der Waals surface area (Å²) < 4.78 is 91.1. The van der Waals surface area contributed by atoms with E-state index in [1.807, 2.05) is 0 Å². The van der Waals surface area contributed by atoms with Crippen LogP contribution in [-0.4, -0.2) is 65.7 Å². The molecule has 2 fully saturated rings. The Hall–Kier alpha value is -4.16. The van der Waals surface area contributed by atoms with Gasteiger partial charge in [-0.05, 0) is 88.6 Å². The Balaban J connectivity index is 1.48. The minimum atomic E-state index is -4.83. The van der Waals surface area contributed by atoms with Crippen LogP contribution in [-0.2, 0) is 12.7 Å². The third kappa shape index (κ3) is 8.07. The number of carbonyl (C=O) groups excluding carboxylic acids is 1. The molecule has 1 aromatic heterocycles. The largest absolute Gasteiger partial charge is 0.494 e. The molecule has 0 unspecified atom stereocenters. The Morgan fingerprint density at radius 3 is 2.28 bits per heavy atom. The molecular formula is C38H40F6N4O2. The number of carbonyl (C=O) groups is 1. The van der Waals surface area contributed by atoms with Crippen LogP contribution in [0.5, 0.6) is 5.75 Å². The van der Waals surface area contributed by atoms with Crippen LogP contribution in [0.15, 0.2) is 72.8 Å². The molecule has 0 spiro atoms. The summed E-state index contributed by atoms with van der Waals surface area (Å²) in [4.78, 5) is 23.8. The second-order valence-electron chi connectivity index (χ2n) is 13.0. The summed E-state index contributed by atoms with van der Waals surface area (Å²) in [7, 11) is 0. The number of benzene rings is 3. The Morgan fingerprint density at radius 1 is 0.900 bits per heavy atom. The molecule has 3 heterocycles. The molecule has 266 valence electrons. The molecule has 2 aliphatic rings. The van der Waals surface area contributed by atoms with Crippen LogP contribution in [0.4, 0.5) is 26.3 Å². The van der Waals surface area contributed by atoms with Gasteiger partial charge in [-0.2, -0.15) is 26.3 Å². The molecule has 0 radical (unpaired) electrons. The number of aromatic nitrogens is 1. The number of piperidine rings is 2. The van der Waals surface area contributed by atoms with Crippen molar-refractivity contribution < 1.29 is 35.9 Å². The Kier molecular flexibility index (Phi) is 10.7. The summed E-state index contributed by atoms with van der Waals surface area (Å²) in [5.74, 6) is -0.599. The number of likely N-dealkylation sites (tertiary alicyclic amines) is 2. The van der Waals surface area contributed by atoms with Gasteiger partial charge in [0.25, 0.3) is 5.91 Å². The second-order valence-corrected chi connectivity index (χ2v) is 13.0. The van der Waals surface area contributed by atoms with Crippen molar-refractivity contribution in [2.24, 2.45) is 0 Å². The molecule has 0 saturated carbocycles. The lowest BCUT2D eigenvalue weighted by Gasteiger charge is -2.40. The zero-order valence-corrected chi connectivity index (χ0v) is 27.8. The molecule has 6 nitrogen and oxygen atoms in total. The highest BCUT2D eigenvalue weighted by Gasteiger charge is 2.42. The van der Waals surface area contributed by atoms with Crippen molar-refractivity contribution in [1.29, 1.82) is 0 Å². The quantitative estimate of drug-likeness (QED) is 0.177. The van der Waals surface area contributed by atoms with E-state index in [0.717, 1.165) is 50.9 Å². The number of hydrogen-bond donors (Lipinski definition) is 1. The second kappa shape index (κ2) is 15.0. The zero-order chi connectivity index (χ0) is 35.5. The molecule has 1 N–H and O–H groups in total. The van der Waals surface area contributed by atoms with E-state index in [0.29, 0.717) is 31.5 Å². The normalized spacial score (nSPS) is 17.5. The van der Waals surface area contributed by atoms with Crippen molar-refractivity contribution in [3.05, 3.63) is 95.1 Å². The van der Waals surface area contributed by atoms with Gasteiger partial charge >= 0.3 is 12.4 Å². The maximum atomic E-state index is 14.5. The summed E-state index contributed by atoms with van der Waals surface area (Å²) in [6.45, 7) is 5.61. The number of amides is 1. The number of ether oxygens (including phenoxy) is 1. The molecule has 50 heavy (non-hydrogen) atoms. The molecule has 2 saturated heterocycles. The van der Waals surface area contributed by atoms with E-state index in [1.54, 1.807) is 31.2 Å². The third-order valence-corrected chi connectivity index (χ3v) is 9.64. The molecule has 12 heteroatoms. The van der Waals surface area contributed by atoms with Crippen molar-refractivity contribution >= 4 is 16.8 Å². The highest BCUT2D eigenvalue weighted by Crippen LogP contribution is 2.38. The van der Waals surface area contributed by atoms with Crippen LogP contribution in [0.1, 0.15) is 72.1 Å². The fourth-order valence-corrected chi connectivity index (χ4v) is 7.19. The van der Waals surface area contributed by atoms with Crippen LogP contribution in [0.3, 0.4) is 0 Å². The minimum absolute atomic E-state index is 0.0613. The fraction of sp³-hybridized carbons (Fsp3) is 0.421. The summed E-state index contributed by atoms with van der Waals surface area (Å²) in [6, 6.07) is 14.6. The van der Waals surface area contributed by atoms with Crippen LogP contribution < -0.4 is 10.1 Å². The average molecular weight is 699 g/mol. The SMILES string of the molecule is CCOc1ccc2c(C(=O)N[C@H](c3ccccc3)C(F)(F)F)c(CN3CCC(N4CCCCC4)CC3)c(-c3cccc(C(F)(F)F)c3)nc2c1. The number of pyridine rings is 1. The van der Waals surface area contributed by atoms with E-state index in [2.05, 4.69) is 15.1 Å². The summed E-state index contributed by atoms with van der Waals surface area (Å²) in [5, 5.41) is 2.51. The number of nitrogens with zero attached hydrogens (tertiary/aromatic N) is 3. The molecule has 4 aromatic rings. The van der Waals surface area contributed by atoms with Gasteiger partial charge in [0.05, 0.1) is 28.9 Å². The van der Waals surface area contributed by atoms with Gasteiger partial charge in [0.15, 0.2) is 6.04 Å². The van der Waals surface area contributed by atoms with Crippen LogP contribution >= 0.6 is 0 Å². The smallest absolute Gasteiger partial charge is 0.416 e. The first-order valence-electron chi connectivity index (χ1n) is 17.1. The standard InChI is InChI=1S/C38H40F6N4O2/c1-2-50-29-14-15-30-32(23-29)45-34(26-12-9-13-27(22-26)37(39,40)41)31(24-47-20-16-28(17-21-47)48-18-7-4-8-19-48)33(30)36(49)46-35(38(42,43)44)25-10-5-3-6-11-25/h3,5-6,9-15,22-23,28,35H,2,4,7-8,16-21,24H2,1H3,(H,46,49)/t35-/m1/s1. The lowest BCUT2D eigenvalue weighted by molar-refractivity contribution is -0.155. The average Bonchev–Trinajstić information content (AvgIpc) is 3.10. The monoisotopic (exact) mass is 698 g/mol. The zero-order valence-electron chi connectivity index (χ0n) is 27.8. The van der Waals surface area contributed by atoms with E-state index in [1.165, 1.54) is 42.8 Å². The number of hydrogen-bond acceptors (Lipinski definition) is 5. The molecule has 0 aliphatic carbocycles. The van der Waals surface area contributed by atoms with Crippen molar-refractivity contribution in [1.82, 2.24) is 20.1 Å². The minimum Gasteiger partial charge on any atom is -0.494 e. The number of nitrogens with one attached hydrogen (secondary N) is 1. The lowest BCUT2D eigenvalue weighted by atomic mass is 9.93. The number of rotatable bonds is 9. The maximum absolute atomic E-state index is 14.5. The van der Waals surface area contributed by atoms with E-state index in [4.69, 9.17) is 9.72 Å². The number of halogens is 6. The van der Waals surface area contributed by atoms with Crippen molar-refractivity contribution in [2.75, 3.05) is 32.8 Å². The van der Waals surface area contributed by atoms with Gasteiger partial charge in [0.1, 0.15) is 5.75 Å². The van der Waals surface area contributed by atoms with Gasteiger partial charge in [-0.1, -0.05) is 48.9 Å². The van der Waals surface area contributed by atoms with Gasteiger partial charge in [-0.25, -0.2) is 4.98 Å². The van der Waals surface area contributed by atoms with Crippen molar-refractivity contribution in [3.8, 4) is 17.0 Å². The third-order valence-electron chi connectivity index (χ3n) is 9.64. The highest BCUT2D eigenvalue weighted by molar-refractivity contribution is 6.09. The predicted molar refractivity (Wildman–Crippen MR) is 180 cm³/mol. The first-order valence-corrected chi connectivity index (χ1v) is 17.1. The van der Waals surface area contributed by atoms with E-state index in [-0.39, 0.29) is 45.4 Å². The lowest BCUT2D eigenvalue weighted by Crippen LogP contribution is -2.46. The number of alkyl halides is 6. The molecule has 3 aromatic carbocycles. The molecule has 2 aliphatic heterocycles. The Bertz CT molecular complexity index is 1780. The van der Waals surface area contributed by atoms with Gasteiger partial charge in [0, 0.05) is 35.2 Å². The maximum Gasteiger partial charge on any atom is 0.416 e. The highest BCUT2D eigenvalue weighted by atomic mass is 19.4. The molecule has 0 bridgehead atoms. The topological polar surface area (TPSA) is 57.7 Å². The first-order chi connectivity index (χ1) is 23.9. The summed E-state index contributed by atoms with van der Waals surface area (Å²) in [6.07, 6.45) is -4.21. The van der Waals surface area contributed by atoms with Crippen LogP contribution in [0.25, 0.3) is 22.2 Å². The van der Waals surface area contributed by atoms with Gasteiger partial charge in [-0.15, -0.1) is 0 Å². The molecular weight excluding hydrogens is 658 g/mol. The first kappa shape index (κ1) is 35.7. The van der Waals surface area contributed by atoms with E-state index >= 15 is 0 Å². The summed E-state index contributed by atoms with van der Waals surface area (Å²) in [5.41, 5.74) is -0.428. The van der Waals surface area contributed by atoms with E-state index in [9.17, 15) is 31.1 Å². The Labute approximate surface area is 287 Å². The summed E-state index contributed by atoms with van der Waals surface area (Å²) >= 11 is 0. The van der Waals surface area contributed by atoms with Gasteiger partial charge in [0.2, 0.25) is 0 Å².